The highest BCUT2D eigenvalue weighted by Crippen LogP contribution is 2.41. The van der Waals surface area contributed by atoms with E-state index in [1.165, 1.54) is 31.2 Å². The summed E-state index contributed by atoms with van der Waals surface area (Å²) in [5, 5.41) is 33.2. The minimum atomic E-state index is -4.71. The molecular formula is C18H16N4O8S2. The normalized spacial score (nSPS) is 11.8. The molecule has 3 aromatic rings. The lowest BCUT2D eigenvalue weighted by Gasteiger charge is -2.09. The molecule has 0 aliphatic carbocycles. The van der Waals surface area contributed by atoms with Crippen LogP contribution in [0.1, 0.15) is 6.92 Å². The lowest BCUT2D eigenvalue weighted by Crippen LogP contribution is -2.07. The Balaban J connectivity index is 2.10. The van der Waals surface area contributed by atoms with Gasteiger partial charge in [0.2, 0.25) is 5.91 Å². The second-order valence-electron chi connectivity index (χ2n) is 6.31. The van der Waals surface area contributed by atoms with E-state index in [2.05, 4.69) is 24.9 Å². The van der Waals surface area contributed by atoms with Crippen molar-refractivity contribution in [1.82, 2.24) is 0 Å². The first-order valence-corrected chi connectivity index (χ1v) is 10.8. The van der Waals surface area contributed by atoms with E-state index in [4.69, 9.17) is 11.0 Å². The predicted molar refractivity (Wildman–Crippen MR) is 115 cm³/mol. The van der Waals surface area contributed by atoms with Crippen LogP contribution in [-0.2, 0) is 24.3 Å². The van der Waals surface area contributed by atoms with Gasteiger partial charge in [0.25, 0.3) is 10.1 Å². The zero-order valence-corrected chi connectivity index (χ0v) is 17.8. The van der Waals surface area contributed by atoms with Crippen molar-refractivity contribution >= 4 is 61.6 Å². The highest BCUT2D eigenvalue weighted by atomic mass is 32.2. The first kappa shape index (κ1) is 23.4. The summed E-state index contributed by atoms with van der Waals surface area (Å²) >= 11 is 0.638. The van der Waals surface area contributed by atoms with Crippen LogP contribution in [-0.4, -0.2) is 29.2 Å². The molecule has 3 rings (SSSR count). The molecule has 168 valence electrons. The number of carbonyl (C=O) groups excluding carboxylic acids is 1. The van der Waals surface area contributed by atoms with Gasteiger partial charge in [-0.25, -0.2) is 5.26 Å². The van der Waals surface area contributed by atoms with Gasteiger partial charge in [0, 0.05) is 17.5 Å². The van der Waals surface area contributed by atoms with Crippen LogP contribution in [0.15, 0.2) is 62.5 Å². The first-order valence-electron chi connectivity index (χ1n) is 8.61. The zero-order chi connectivity index (χ0) is 23.5. The second-order valence-corrected chi connectivity index (χ2v) is 8.47. The number of fused-ring (bicyclic) bond motifs is 1. The van der Waals surface area contributed by atoms with Gasteiger partial charge in [-0.1, -0.05) is 11.1 Å². The number of nitrogen functional groups attached to an aromatic ring is 1. The van der Waals surface area contributed by atoms with E-state index < -0.39 is 20.9 Å². The molecule has 0 saturated heterocycles. The number of aromatic hydroxyl groups is 1. The molecule has 0 saturated carbocycles. The minimum Gasteiger partial charge on any atom is -0.507 e. The summed E-state index contributed by atoms with van der Waals surface area (Å²) in [6.07, 6.45) is 0. The van der Waals surface area contributed by atoms with Crippen LogP contribution < -0.4 is 11.1 Å². The smallest absolute Gasteiger partial charge is 0.296 e. The Labute approximate surface area is 185 Å². The lowest BCUT2D eigenvalue weighted by molar-refractivity contribution is -0.432. The largest absolute Gasteiger partial charge is 0.507 e. The number of azo groups is 1. The fourth-order valence-electron chi connectivity index (χ4n) is 2.81. The number of amides is 1. The van der Waals surface area contributed by atoms with Crippen LogP contribution >= 0.6 is 12.0 Å². The Hall–Kier alpha value is -3.27. The Morgan fingerprint density at radius 1 is 1.16 bits per heavy atom. The Morgan fingerprint density at radius 2 is 1.91 bits per heavy atom. The van der Waals surface area contributed by atoms with Crippen molar-refractivity contribution in [2.45, 2.75) is 16.7 Å². The quantitative estimate of drug-likeness (QED) is 0.0817. The fourth-order valence-corrected chi connectivity index (χ4v) is 3.91. The number of anilines is 2. The molecule has 6 N–H and O–H groups in total. The molecule has 32 heavy (non-hydrogen) atoms. The molecule has 14 heteroatoms. The summed E-state index contributed by atoms with van der Waals surface area (Å²) in [7, 11) is -4.71. The summed E-state index contributed by atoms with van der Waals surface area (Å²) in [6.45, 7) is 1.24. The highest BCUT2D eigenvalue weighted by Gasteiger charge is 2.18. The number of rotatable bonds is 7. The van der Waals surface area contributed by atoms with Crippen LogP contribution in [0.5, 0.6) is 5.75 Å². The van der Waals surface area contributed by atoms with Gasteiger partial charge < -0.3 is 16.2 Å². The van der Waals surface area contributed by atoms with Gasteiger partial charge in [0.05, 0.1) is 23.1 Å². The molecule has 0 atom stereocenters. The number of phenols is 1. The average Bonchev–Trinajstić information content (AvgIpc) is 2.71. The summed E-state index contributed by atoms with van der Waals surface area (Å²) < 4.78 is 37.5. The Kier molecular flexibility index (Phi) is 6.93. The molecule has 0 aliphatic heterocycles. The number of nitrogens with one attached hydrogen (secondary N) is 1. The summed E-state index contributed by atoms with van der Waals surface area (Å²) in [6, 6.07) is 9.62. The molecule has 0 fully saturated rings. The van der Waals surface area contributed by atoms with E-state index in [-0.39, 0.29) is 33.9 Å². The van der Waals surface area contributed by atoms with Gasteiger partial charge >= 0.3 is 0 Å². The third kappa shape index (κ3) is 5.31. The number of hydrogen-bond donors (Lipinski definition) is 5. The molecule has 0 aliphatic rings. The molecule has 0 radical (unpaired) electrons. The minimum absolute atomic E-state index is 0.0445. The van der Waals surface area contributed by atoms with Crippen molar-refractivity contribution in [3.05, 3.63) is 42.5 Å². The van der Waals surface area contributed by atoms with Gasteiger partial charge in [0.1, 0.15) is 22.0 Å². The molecule has 12 nitrogen and oxygen atoms in total. The van der Waals surface area contributed by atoms with Crippen molar-refractivity contribution in [3.63, 3.8) is 0 Å². The van der Waals surface area contributed by atoms with Crippen molar-refractivity contribution in [1.29, 1.82) is 0 Å². The van der Waals surface area contributed by atoms with E-state index >= 15 is 0 Å². The van der Waals surface area contributed by atoms with Crippen molar-refractivity contribution in [2.75, 3.05) is 11.1 Å². The maximum Gasteiger partial charge on any atom is 0.296 e. The number of carbonyl (C=O) groups is 1. The van der Waals surface area contributed by atoms with E-state index in [9.17, 15) is 22.9 Å². The Bertz CT molecular complexity index is 1330. The van der Waals surface area contributed by atoms with E-state index in [1.807, 2.05) is 0 Å². The maximum atomic E-state index is 11.8. The van der Waals surface area contributed by atoms with Gasteiger partial charge in [-0.2, -0.15) is 8.42 Å². The number of phenolic OH excluding ortho intramolecular Hbond substituents is 1. The van der Waals surface area contributed by atoms with Crippen LogP contribution in [0.4, 0.5) is 22.7 Å². The predicted octanol–water partition coefficient (Wildman–Crippen LogP) is 4.18. The SMILES string of the molecule is CC(=O)Nc1ccc(N=Nc2c(N)ccc3cc(SOOO)cc(O)c23)c(S(=O)(=O)O)c1. The summed E-state index contributed by atoms with van der Waals surface area (Å²) in [5.41, 5.74) is 6.06. The van der Waals surface area contributed by atoms with Gasteiger partial charge in [-0.05, 0) is 41.8 Å². The number of nitrogens with zero attached hydrogens (tertiary/aromatic N) is 2. The van der Waals surface area contributed by atoms with E-state index in [1.54, 1.807) is 12.1 Å². The molecule has 0 unspecified atom stereocenters. The van der Waals surface area contributed by atoms with Crippen molar-refractivity contribution < 1.29 is 37.5 Å². The maximum absolute atomic E-state index is 11.8. The third-order valence-corrected chi connectivity index (χ3v) is 5.49. The van der Waals surface area contributed by atoms with Gasteiger partial charge in [-0.3, -0.25) is 9.35 Å². The van der Waals surface area contributed by atoms with Crippen molar-refractivity contribution in [2.24, 2.45) is 10.2 Å². The topological polar surface area (TPSA) is 193 Å². The Morgan fingerprint density at radius 3 is 2.56 bits per heavy atom. The van der Waals surface area contributed by atoms with Gasteiger partial charge in [0.15, 0.2) is 0 Å². The first-order chi connectivity index (χ1) is 15.1. The molecule has 0 heterocycles. The van der Waals surface area contributed by atoms with E-state index in [0.29, 0.717) is 22.3 Å². The van der Waals surface area contributed by atoms with Crippen LogP contribution in [0.3, 0.4) is 0 Å². The van der Waals surface area contributed by atoms with Crippen LogP contribution in [0, 0.1) is 0 Å². The molecule has 0 bridgehead atoms. The molecule has 0 spiro atoms. The zero-order valence-electron chi connectivity index (χ0n) is 16.2. The van der Waals surface area contributed by atoms with Crippen LogP contribution in [0.25, 0.3) is 10.8 Å². The number of hydrogen-bond acceptors (Lipinski definition) is 11. The fraction of sp³-hybridized carbons (Fsp3) is 0.0556. The van der Waals surface area contributed by atoms with Crippen molar-refractivity contribution in [3.8, 4) is 5.75 Å². The lowest BCUT2D eigenvalue weighted by atomic mass is 10.1. The van der Waals surface area contributed by atoms with E-state index in [0.717, 1.165) is 6.07 Å². The standard InChI is InChI=1S/C18H16N4O8S2/c1-9(23)20-11-3-5-14(16(7-11)32(26,27)28)21-22-18-13(19)4-2-10-6-12(31-30-29-25)8-15(24)17(10)18/h2-8,24-25H,19H2,1H3,(H,20,23)(H,26,27,28). The molecule has 3 aromatic carbocycles. The monoisotopic (exact) mass is 480 g/mol. The highest BCUT2D eigenvalue weighted by molar-refractivity contribution is 7.94. The van der Waals surface area contributed by atoms with Gasteiger partial charge in [-0.15, -0.1) is 14.6 Å². The second kappa shape index (κ2) is 9.47. The molecular weight excluding hydrogens is 464 g/mol. The molecule has 1 amide bonds. The third-order valence-electron chi connectivity index (χ3n) is 4.05. The average molecular weight is 480 g/mol. The number of nitrogens with two attached hydrogens (primary N) is 1. The van der Waals surface area contributed by atoms with Crippen LogP contribution in [0.2, 0.25) is 0 Å². The molecule has 0 aromatic heterocycles. The summed E-state index contributed by atoms with van der Waals surface area (Å²) in [4.78, 5) is 11.0. The number of benzene rings is 3. The summed E-state index contributed by atoms with van der Waals surface area (Å²) in [5.74, 6) is -0.683.